The molecule has 0 amide bonds. The van der Waals surface area contributed by atoms with Crippen LogP contribution in [-0.2, 0) is 13.1 Å². The highest BCUT2D eigenvalue weighted by Gasteiger charge is 2.31. The second-order valence-corrected chi connectivity index (χ2v) is 7.75. The second kappa shape index (κ2) is 6.90. The molecule has 0 spiro atoms. The first-order valence-corrected chi connectivity index (χ1v) is 9.47. The Morgan fingerprint density at radius 1 is 1.38 bits per heavy atom. The lowest BCUT2D eigenvalue weighted by Crippen LogP contribution is -2.25. The lowest BCUT2D eigenvalue weighted by Gasteiger charge is -2.20. The molecule has 5 heteroatoms. The maximum absolute atomic E-state index is 4.83. The number of thiophene rings is 1. The van der Waals surface area contributed by atoms with Crippen LogP contribution in [0.25, 0.3) is 0 Å². The van der Waals surface area contributed by atoms with E-state index >= 15 is 0 Å². The highest BCUT2D eigenvalue weighted by atomic mass is 32.1. The SMILES string of the molecule is CC(C)CNCc1csc(N(Cc2ccsc2)C2CC2)n1. The molecule has 1 fully saturated rings. The zero-order chi connectivity index (χ0) is 14.7. The molecule has 2 aromatic rings. The smallest absolute Gasteiger partial charge is 0.186 e. The summed E-state index contributed by atoms with van der Waals surface area (Å²) >= 11 is 3.56. The minimum Gasteiger partial charge on any atom is -0.341 e. The molecule has 2 aromatic heterocycles. The molecule has 2 heterocycles. The third-order valence-electron chi connectivity index (χ3n) is 3.56. The van der Waals surface area contributed by atoms with Gasteiger partial charge in [-0.1, -0.05) is 13.8 Å². The molecule has 0 bridgehead atoms. The van der Waals surface area contributed by atoms with Crippen molar-refractivity contribution in [2.45, 2.75) is 45.8 Å². The van der Waals surface area contributed by atoms with Gasteiger partial charge >= 0.3 is 0 Å². The lowest BCUT2D eigenvalue weighted by molar-refractivity contribution is 0.549. The minimum absolute atomic E-state index is 0.685. The summed E-state index contributed by atoms with van der Waals surface area (Å²) in [5.74, 6) is 0.685. The Balaban J connectivity index is 1.62. The predicted molar refractivity (Wildman–Crippen MR) is 92.2 cm³/mol. The van der Waals surface area contributed by atoms with E-state index in [9.17, 15) is 0 Å². The number of rotatable bonds is 8. The van der Waals surface area contributed by atoms with Crippen LogP contribution in [0.1, 0.15) is 37.9 Å². The van der Waals surface area contributed by atoms with Crippen molar-refractivity contribution in [1.82, 2.24) is 10.3 Å². The summed E-state index contributed by atoms with van der Waals surface area (Å²) in [7, 11) is 0. The third-order valence-corrected chi connectivity index (χ3v) is 5.22. The Morgan fingerprint density at radius 2 is 2.24 bits per heavy atom. The van der Waals surface area contributed by atoms with Gasteiger partial charge in [0.05, 0.1) is 5.69 Å². The van der Waals surface area contributed by atoms with Gasteiger partial charge in [-0.15, -0.1) is 11.3 Å². The summed E-state index contributed by atoms with van der Waals surface area (Å²) in [5.41, 5.74) is 2.58. The van der Waals surface area contributed by atoms with Gasteiger partial charge in [0.15, 0.2) is 5.13 Å². The number of anilines is 1. The van der Waals surface area contributed by atoms with E-state index in [-0.39, 0.29) is 0 Å². The average Bonchev–Trinajstić information content (AvgIpc) is 2.97. The zero-order valence-corrected chi connectivity index (χ0v) is 14.3. The normalized spacial score (nSPS) is 14.8. The van der Waals surface area contributed by atoms with Gasteiger partial charge in [0.25, 0.3) is 0 Å². The summed E-state index contributed by atoms with van der Waals surface area (Å²) in [6, 6.07) is 2.92. The summed E-state index contributed by atoms with van der Waals surface area (Å²) in [5, 5.41) is 11.3. The van der Waals surface area contributed by atoms with Crippen LogP contribution < -0.4 is 10.2 Å². The van der Waals surface area contributed by atoms with E-state index in [4.69, 9.17) is 4.98 Å². The molecule has 0 saturated heterocycles. The molecule has 1 aliphatic carbocycles. The molecular weight excluding hydrogens is 298 g/mol. The number of nitrogens with zero attached hydrogens (tertiary/aromatic N) is 2. The molecular formula is C16H23N3S2. The lowest BCUT2D eigenvalue weighted by atomic mass is 10.2. The minimum atomic E-state index is 0.685. The van der Waals surface area contributed by atoms with Crippen LogP contribution in [-0.4, -0.2) is 17.6 Å². The van der Waals surface area contributed by atoms with Crippen LogP contribution >= 0.6 is 22.7 Å². The van der Waals surface area contributed by atoms with Crippen molar-refractivity contribution in [1.29, 1.82) is 0 Å². The van der Waals surface area contributed by atoms with E-state index in [0.717, 1.165) is 19.6 Å². The number of hydrogen-bond acceptors (Lipinski definition) is 5. The predicted octanol–water partition coefficient (Wildman–Crippen LogP) is 4.12. The van der Waals surface area contributed by atoms with Gasteiger partial charge in [0.2, 0.25) is 0 Å². The topological polar surface area (TPSA) is 28.2 Å². The molecule has 0 aromatic carbocycles. The fourth-order valence-corrected chi connectivity index (χ4v) is 3.87. The van der Waals surface area contributed by atoms with E-state index in [1.807, 2.05) is 0 Å². The van der Waals surface area contributed by atoms with Crippen molar-refractivity contribution in [3.8, 4) is 0 Å². The molecule has 0 atom stereocenters. The third kappa shape index (κ3) is 4.28. The number of hydrogen-bond donors (Lipinski definition) is 1. The zero-order valence-electron chi connectivity index (χ0n) is 12.7. The van der Waals surface area contributed by atoms with Crippen LogP contribution in [0.5, 0.6) is 0 Å². The van der Waals surface area contributed by atoms with Gasteiger partial charge in [0, 0.05) is 24.5 Å². The fraction of sp³-hybridized carbons (Fsp3) is 0.562. The number of thiazole rings is 1. The fourth-order valence-electron chi connectivity index (χ4n) is 2.32. The molecule has 3 nitrogen and oxygen atoms in total. The molecule has 0 aliphatic heterocycles. The van der Waals surface area contributed by atoms with Crippen molar-refractivity contribution in [2.24, 2.45) is 5.92 Å². The Morgan fingerprint density at radius 3 is 2.90 bits per heavy atom. The van der Waals surface area contributed by atoms with Gasteiger partial charge in [-0.25, -0.2) is 4.98 Å². The Bertz CT molecular complexity index is 544. The first kappa shape index (κ1) is 15.0. The van der Waals surface area contributed by atoms with Gasteiger partial charge in [-0.05, 0) is 47.7 Å². The van der Waals surface area contributed by atoms with Crippen molar-refractivity contribution >= 4 is 27.8 Å². The van der Waals surface area contributed by atoms with Crippen LogP contribution in [0.4, 0.5) is 5.13 Å². The van der Waals surface area contributed by atoms with E-state index in [1.54, 1.807) is 22.7 Å². The van der Waals surface area contributed by atoms with Crippen LogP contribution in [0, 0.1) is 5.92 Å². The largest absolute Gasteiger partial charge is 0.341 e. The van der Waals surface area contributed by atoms with E-state index in [2.05, 4.69) is 46.3 Å². The highest BCUT2D eigenvalue weighted by molar-refractivity contribution is 7.13. The maximum Gasteiger partial charge on any atom is 0.186 e. The summed E-state index contributed by atoms with van der Waals surface area (Å²) in [6.07, 6.45) is 2.62. The van der Waals surface area contributed by atoms with Crippen molar-refractivity contribution in [3.63, 3.8) is 0 Å². The first-order chi connectivity index (χ1) is 10.2. The number of aromatic nitrogens is 1. The summed E-state index contributed by atoms with van der Waals surface area (Å²) in [6.45, 7) is 7.39. The quantitative estimate of drug-likeness (QED) is 0.793. The molecule has 21 heavy (non-hydrogen) atoms. The molecule has 114 valence electrons. The summed E-state index contributed by atoms with van der Waals surface area (Å²) < 4.78 is 0. The molecule has 1 saturated carbocycles. The standard InChI is InChI=1S/C16H23N3S2/c1-12(2)7-17-8-14-11-21-16(18-14)19(15-3-4-15)9-13-5-6-20-10-13/h5-6,10-12,15,17H,3-4,7-9H2,1-2H3. The summed E-state index contributed by atoms with van der Waals surface area (Å²) in [4.78, 5) is 7.32. The van der Waals surface area contributed by atoms with Gasteiger partial charge in [0.1, 0.15) is 0 Å². The van der Waals surface area contributed by atoms with Gasteiger partial charge in [-0.3, -0.25) is 0 Å². The second-order valence-electron chi connectivity index (χ2n) is 6.14. The molecule has 3 rings (SSSR count). The molecule has 1 N–H and O–H groups in total. The van der Waals surface area contributed by atoms with E-state index in [0.29, 0.717) is 12.0 Å². The van der Waals surface area contributed by atoms with Gasteiger partial charge in [-0.2, -0.15) is 11.3 Å². The monoisotopic (exact) mass is 321 g/mol. The Hall–Kier alpha value is -0.910. The van der Waals surface area contributed by atoms with Crippen molar-refractivity contribution in [3.05, 3.63) is 33.5 Å². The van der Waals surface area contributed by atoms with Crippen molar-refractivity contribution < 1.29 is 0 Å². The Labute approximate surface area is 135 Å². The van der Waals surface area contributed by atoms with Crippen LogP contribution in [0.15, 0.2) is 22.2 Å². The molecule has 0 radical (unpaired) electrons. The Kier molecular flexibility index (Phi) is 4.93. The highest BCUT2D eigenvalue weighted by Crippen LogP contribution is 2.35. The van der Waals surface area contributed by atoms with Crippen LogP contribution in [0.3, 0.4) is 0 Å². The van der Waals surface area contributed by atoms with Gasteiger partial charge < -0.3 is 10.2 Å². The van der Waals surface area contributed by atoms with E-state index in [1.165, 1.54) is 29.2 Å². The van der Waals surface area contributed by atoms with E-state index < -0.39 is 0 Å². The maximum atomic E-state index is 4.83. The average molecular weight is 322 g/mol. The van der Waals surface area contributed by atoms with Crippen LogP contribution in [0.2, 0.25) is 0 Å². The number of nitrogens with one attached hydrogen (secondary N) is 1. The molecule has 1 aliphatic rings. The molecule has 0 unspecified atom stereocenters. The first-order valence-electron chi connectivity index (χ1n) is 7.65. The van der Waals surface area contributed by atoms with Crippen molar-refractivity contribution in [2.75, 3.05) is 11.4 Å².